The van der Waals surface area contributed by atoms with E-state index in [0.717, 1.165) is 35.8 Å². The Kier molecular flexibility index (Phi) is 3.58. The summed E-state index contributed by atoms with van der Waals surface area (Å²) in [6, 6.07) is 3.98. The highest BCUT2D eigenvalue weighted by atomic mass is 16.5. The van der Waals surface area contributed by atoms with Crippen LogP contribution in [0.5, 0.6) is 0 Å². The van der Waals surface area contributed by atoms with Gasteiger partial charge in [0.25, 0.3) is 0 Å². The predicted octanol–water partition coefficient (Wildman–Crippen LogP) is 1.05. The molecule has 1 aliphatic rings. The van der Waals surface area contributed by atoms with Crippen molar-refractivity contribution in [3.63, 3.8) is 0 Å². The van der Waals surface area contributed by atoms with Gasteiger partial charge >= 0.3 is 0 Å². The Morgan fingerprint density at radius 3 is 2.90 bits per heavy atom. The van der Waals surface area contributed by atoms with Crippen molar-refractivity contribution in [2.45, 2.75) is 32.9 Å². The van der Waals surface area contributed by atoms with Crippen molar-refractivity contribution in [3.8, 4) is 0 Å². The van der Waals surface area contributed by atoms with Gasteiger partial charge in [0, 0.05) is 30.8 Å². The topological polar surface area (TPSA) is 78.2 Å². The summed E-state index contributed by atoms with van der Waals surface area (Å²) < 4.78 is 5.23. The van der Waals surface area contributed by atoms with Gasteiger partial charge in [-0.05, 0) is 26.3 Å². The minimum atomic E-state index is -0.309. The van der Waals surface area contributed by atoms with Gasteiger partial charge in [-0.15, -0.1) is 0 Å². The molecule has 2 atom stereocenters. The Morgan fingerprint density at radius 1 is 1.40 bits per heavy atom. The lowest BCUT2D eigenvalue weighted by Crippen LogP contribution is -2.21. The average Bonchev–Trinajstić information content (AvgIpc) is 3.05. The maximum absolute atomic E-state index is 10.2. The van der Waals surface area contributed by atoms with E-state index in [1.165, 1.54) is 0 Å². The number of aromatic nitrogens is 3. The average molecular weight is 276 g/mol. The number of nitrogens with one attached hydrogen (secondary N) is 1. The number of aryl methyl sites for hydroxylation is 2. The van der Waals surface area contributed by atoms with E-state index in [1.807, 2.05) is 26.0 Å². The molecule has 1 fully saturated rings. The van der Waals surface area contributed by atoms with Crippen LogP contribution in [-0.2, 0) is 13.0 Å². The number of aromatic amines is 1. The fourth-order valence-corrected chi connectivity index (χ4v) is 2.83. The molecule has 0 aromatic carbocycles. The normalized spacial score (nSPS) is 23.6. The van der Waals surface area contributed by atoms with Gasteiger partial charge in [-0.25, -0.2) is 0 Å². The first-order valence-electron chi connectivity index (χ1n) is 6.93. The third kappa shape index (κ3) is 2.91. The molecule has 0 radical (unpaired) electrons. The highest BCUT2D eigenvalue weighted by molar-refractivity contribution is 5.09. The summed E-state index contributed by atoms with van der Waals surface area (Å²) in [4.78, 5) is 2.20. The minimum Gasteiger partial charge on any atom is -0.391 e. The van der Waals surface area contributed by atoms with E-state index in [2.05, 4.69) is 20.3 Å². The maximum atomic E-state index is 10.2. The number of aliphatic hydroxyl groups excluding tert-OH is 1. The molecular formula is C14H20N4O2. The molecule has 20 heavy (non-hydrogen) atoms. The number of rotatable bonds is 4. The standard InChI is InChI=1S/C14H20N4O2/c1-9-3-12(16-15-9)5-11-6-18(8-14(11)19)7-13-4-10(2)17-20-13/h3-4,11,14,19H,5-8H2,1-2H3,(H,15,16)/t11-,14-/m1/s1. The maximum Gasteiger partial charge on any atom is 0.150 e. The van der Waals surface area contributed by atoms with Crippen molar-refractivity contribution in [1.82, 2.24) is 20.3 Å². The molecule has 2 aromatic heterocycles. The summed E-state index contributed by atoms with van der Waals surface area (Å²) in [5.41, 5.74) is 2.97. The number of likely N-dealkylation sites (tertiary alicyclic amines) is 1. The molecule has 0 bridgehead atoms. The van der Waals surface area contributed by atoms with Crippen molar-refractivity contribution in [2.75, 3.05) is 13.1 Å². The summed E-state index contributed by atoms with van der Waals surface area (Å²) >= 11 is 0. The highest BCUT2D eigenvalue weighted by Gasteiger charge is 2.32. The first-order valence-corrected chi connectivity index (χ1v) is 6.93. The second kappa shape index (κ2) is 5.38. The number of nitrogens with zero attached hydrogens (tertiary/aromatic N) is 3. The number of hydrogen-bond acceptors (Lipinski definition) is 5. The van der Waals surface area contributed by atoms with Crippen molar-refractivity contribution in [1.29, 1.82) is 0 Å². The second-order valence-corrected chi connectivity index (χ2v) is 5.70. The molecule has 0 spiro atoms. The lowest BCUT2D eigenvalue weighted by atomic mass is 10.0. The van der Waals surface area contributed by atoms with Crippen LogP contribution in [0.4, 0.5) is 0 Å². The minimum absolute atomic E-state index is 0.224. The molecule has 2 aromatic rings. The van der Waals surface area contributed by atoms with Crippen LogP contribution in [0, 0.1) is 19.8 Å². The smallest absolute Gasteiger partial charge is 0.150 e. The van der Waals surface area contributed by atoms with E-state index in [9.17, 15) is 5.11 Å². The lowest BCUT2D eigenvalue weighted by molar-refractivity contribution is 0.139. The zero-order valence-corrected chi connectivity index (χ0v) is 11.8. The third-order valence-corrected chi connectivity index (χ3v) is 3.77. The molecule has 6 heteroatoms. The van der Waals surface area contributed by atoms with E-state index >= 15 is 0 Å². The van der Waals surface area contributed by atoms with E-state index in [-0.39, 0.29) is 12.0 Å². The monoisotopic (exact) mass is 276 g/mol. The van der Waals surface area contributed by atoms with Crippen LogP contribution < -0.4 is 0 Å². The molecule has 6 nitrogen and oxygen atoms in total. The van der Waals surface area contributed by atoms with Crippen LogP contribution >= 0.6 is 0 Å². The molecule has 108 valence electrons. The molecule has 0 aliphatic carbocycles. The lowest BCUT2D eigenvalue weighted by Gasteiger charge is -2.12. The first-order chi connectivity index (χ1) is 9.60. The molecule has 1 aliphatic heterocycles. The van der Waals surface area contributed by atoms with Crippen molar-refractivity contribution in [3.05, 3.63) is 35.0 Å². The molecule has 0 amide bonds. The summed E-state index contributed by atoms with van der Waals surface area (Å²) in [5, 5.41) is 21.3. The highest BCUT2D eigenvalue weighted by Crippen LogP contribution is 2.22. The summed E-state index contributed by atoms with van der Waals surface area (Å²) in [6.45, 7) is 6.13. The third-order valence-electron chi connectivity index (χ3n) is 3.77. The van der Waals surface area contributed by atoms with Crippen LogP contribution in [0.25, 0.3) is 0 Å². The van der Waals surface area contributed by atoms with Gasteiger partial charge in [0.1, 0.15) is 0 Å². The van der Waals surface area contributed by atoms with Crippen LogP contribution in [0.3, 0.4) is 0 Å². The molecule has 3 heterocycles. The van der Waals surface area contributed by atoms with Gasteiger partial charge in [-0.2, -0.15) is 5.10 Å². The van der Waals surface area contributed by atoms with Gasteiger partial charge in [0.15, 0.2) is 5.76 Å². The Hall–Kier alpha value is -1.66. The number of hydrogen-bond donors (Lipinski definition) is 2. The fourth-order valence-electron chi connectivity index (χ4n) is 2.83. The predicted molar refractivity (Wildman–Crippen MR) is 73.0 cm³/mol. The van der Waals surface area contributed by atoms with Crippen LogP contribution in [-0.4, -0.2) is 44.6 Å². The van der Waals surface area contributed by atoms with E-state index < -0.39 is 0 Å². The van der Waals surface area contributed by atoms with Crippen molar-refractivity contribution < 1.29 is 9.63 Å². The van der Waals surface area contributed by atoms with Gasteiger partial charge in [-0.3, -0.25) is 10.00 Å². The second-order valence-electron chi connectivity index (χ2n) is 5.70. The molecule has 3 rings (SSSR count). The molecule has 0 saturated carbocycles. The van der Waals surface area contributed by atoms with Gasteiger partial charge in [-0.1, -0.05) is 5.16 Å². The summed E-state index contributed by atoms with van der Waals surface area (Å²) in [5.74, 6) is 1.08. The zero-order valence-electron chi connectivity index (χ0n) is 11.8. The van der Waals surface area contributed by atoms with E-state index in [4.69, 9.17) is 4.52 Å². The zero-order chi connectivity index (χ0) is 14.1. The van der Waals surface area contributed by atoms with Crippen LogP contribution in [0.2, 0.25) is 0 Å². The van der Waals surface area contributed by atoms with Crippen molar-refractivity contribution >= 4 is 0 Å². The van der Waals surface area contributed by atoms with Crippen molar-refractivity contribution in [2.24, 2.45) is 5.92 Å². The van der Waals surface area contributed by atoms with Crippen LogP contribution in [0.15, 0.2) is 16.7 Å². The SMILES string of the molecule is Cc1cc(CN2C[C@@H](Cc3cc(C)[nH]n3)[C@H](O)C2)on1. The van der Waals surface area contributed by atoms with Gasteiger partial charge in [0.05, 0.1) is 24.0 Å². The number of H-pyrrole nitrogens is 1. The van der Waals surface area contributed by atoms with Crippen LogP contribution in [0.1, 0.15) is 22.8 Å². The summed E-state index contributed by atoms with van der Waals surface area (Å²) in [6.07, 6.45) is 0.494. The van der Waals surface area contributed by atoms with E-state index in [0.29, 0.717) is 13.1 Å². The Balaban J connectivity index is 1.59. The quantitative estimate of drug-likeness (QED) is 0.872. The summed E-state index contributed by atoms with van der Waals surface area (Å²) in [7, 11) is 0. The molecule has 0 unspecified atom stereocenters. The van der Waals surface area contributed by atoms with Gasteiger partial charge < -0.3 is 9.63 Å². The molecule has 2 N–H and O–H groups in total. The largest absolute Gasteiger partial charge is 0.391 e. The number of β-amino-alcohol motifs (C(OH)–C–C–N with tert-alkyl or cyclic N) is 1. The molecular weight excluding hydrogens is 256 g/mol. The fraction of sp³-hybridized carbons (Fsp3) is 0.571. The van der Waals surface area contributed by atoms with Gasteiger partial charge in [0.2, 0.25) is 0 Å². The Bertz CT molecular complexity index is 577. The van der Waals surface area contributed by atoms with E-state index in [1.54, 1.807) is 0 Å². The Labute approximate surface area is 117 Å². The first kappa shape index (κ1) is 13.3. The Morgan fingerprint density at radius 2 is 2.25 bits per heavy atom. The molecule has 1 saturated heterocycles. The number of aliphatic hydroxyl groups is 1.